The van der Waals surface area contributed by atoms with E-state index in [2.05, 4.69) is 83.7 Å². The number of methoxy groups -OCH3 is 4. The van der Waals surface area contributed by atoms with E-state index in [1.807, 2.05) is 97.7 Å². The number of pyridine rings is 4. The van der Waals surface area contributed by atoms with Crippen molar-refractivity contribution in [2.24, 2.45) is 5.73 Å². The number of fused-ring (bicyclic) bond motifs is 4. The van der Waals surface area contributed by atoms with Crippen molar-refractivity contribution < 1.29 is 93.5 Å². The lowest BCUT2D eigenvalue weighted by Gasteiger charge is -2.37. The topological polar surface area (TPSA) is 450 Å². The number of halogens is 4. The van der Waals surface area contributed by atoms with Crippen LogP contribution in [0.15, 0.2) is 19.2 Å². The molecule has 6 N–H and O–H groups in total. The van der Waals surface area contributed by atoms with Gasteiger partial charge < -0.3 is 87.6 Å². The minimum absolute atomic E-state index is 0.00488. The quantitative estimate of drug-likeness (QED) is 0.0111. The molecule has 4 aliphatic rings. The molecule has 4 aliphatic heterocycles. The third-order valence-corrected chi connectivity index (χ3v) is 36.0. The van der Waals surface area contributed by atoms with E-state index in [9.17, 15) is 80.6 Å². The molecule has 686 valence electrons. The van der Waals surface area contributed by atoms with E-state index in [1.165, 1.54) is 80.2 Å². The van der Waals surface area contributed by atoms with Crippen molar-refractivity contribution in [1.82, 2.24) is 48.9 Å². The summed E-state index contributed by atoms with van der Waals surface area (Å²) in [6.07, 6.45) is 5.65. The summed E-state index contributed by atoms with van der Waals surface area (Å²) in [4.78, 5) is 181. The highest BCUT2D eigenvalue weighted by Gasteiger charge is 2.47. The second-order valence-corrected chi connectivity index (χ2v) is 49.5. The molecule has 4 unspecified atom stereocenters. The third kappa shape index (κ3) is 24.3. The van der Waals surface area contributed by atoms with Crippen molar-refractivity contribution in [3.8, 4) is 23.0 Å². The number of Topliss-reactive ketones (excluding diaryl/α,β-unsaturated/α-hetero) is 4. The Morgan fingerprint density at radius 2 is 0.675 bits per heavy atom. The van der Waals surface area contributed by atoms with Crippen LogP contribution in [0.2, 0.25) is 36.3 Å². The first kappa shape index (κ1) is 107. The molecule has 0 bridgehead atoms. The number of hydrogen-bond acceptors (Lipinski definition) is 25. The van der Waals surface area contributed by atoms with Gasteiger partial charge in [0.15, 0.2) is 62.8 Å². The molecule has 4 aromatic rings. The predicted octanol–water partition coefficient (Wildman–Crippen LogP) is 9.30. The predicted molar refractivity (Wildman–Crippen MR) is 501 cm³/mol. The number of hydrogen-bond donors (Lipinski definition) is 5. The molecular weight excluding hydrogens is 2110 g/mol. The number of rotatable bonds is 29. The number of nitrogens with two attached hydrogens (primary N) is 1. The zero-order valence-corrected chi connectivity index (χ0v) is 86.3. The van der Waals surface area contributed by atoms with Gasteiger partial charge in [-0.1, -0.05) is 69.2 Å². The Labute approximate surface area is 775 Å². The fraction of sp³-hybridized carbons (Fsp3) is 0.630. The fourth-order valence-corrected chi connectivity index (χ4v) is 20.1. The molecule has 35 nitrogen and oxygen atoms in total. The molecule has 6 amide bonds. The summed E-state index contributed by atoms with van der Waals surface area (Å²) in [5, 5.41) is 18.0. The largest absolute Gasteiger partial charge is 0.491 e. The van der Waals surface area contributed by atoms with Crippen LogP contribution in [-0.4, -0.2) is 225 Å². The summed E-state index contributed by atoms with van der Waals surface area (Å²) in [6.45, 7) is 29.4. The molecule has 0 saturated heterocycles. The Kier molecular flexibility index (Phi) is 38.8. The van der Waals surface area contributed by atoms with E-state index in [1.54, 1.807) is 34.1 Å². The van der Waals surface area contributed by atoms with Gasteiger partial charge in [0.1, 0.15) is 22.8 Å². The standard InChI is InChI=1S/C24H38IN3O6Si.C20H33IN2O4Si.C19H26IN3O8S.C18H24IN3O6/c1-10-11-16(29)19-21(33-7)20(30)17(25)18-15(26-22(31)23(32)27(5)6)12-14(28(18)19)13-34-35(8,9)24(2,3)4;1-8-9-14(24)17-19(26-5)18(25)15(21)16-13(22)10-12(23(16)17)11-27-28(6,7)20(2,3)4;1-6-7-12(24)15-17(30-4)16(25)13(20)14-11(21-18(26)19(27)22(2)3)8-10(23(14)15)9-31-32(5,28)29;1-5-6-11(24)14-16(28-4)15(25)12(19)13-10(7-9(8-23)22(13)14)20-17(26)18(27)21(2)3/h14-15H,10-13H2,1-9H3,(H,26,31);12-13H,8-11,22H2,1-7H3;10-11H,6-9H2,1-5H3,(H,21,26);9-10,23H,5-8H2,1-4H3,(H,20,26)/t14-,15?;12-,13?;10-,11?;9-,10?/m0000/s1. The number of aromatic nitrogens is 4. The molecule has 0 radical (unpaired) electrons. The highest BCUT2D eigenvalue weighted by atomic mass is 127. The molecule has 42 heteroatoms. The summed E-state index contributed by atoms with van der Waals surface area (Å²) < 4.78 is 70.7. The molecular formula is C81H121I4N11O24SSi2. The van der Waals surface area contributed by atoms with Crippen molar-refractivity contribution >= 4 is 176 Å². The second-order valence-electron chi connectivity index (χ2n) is 34.0. The number of amides is 6. The van der Waals surface area contributed by atoms with E-state index in [4.69, 9.17) is 37.7 Å². The molecule has 0 fully saturated rings. The maximum Gasteiger partial charge on any atom is 0.311 e. The van der Waals surface area contributed by atoms with Crippen LogP contribution in [0.1, 0.15) is 259 Å². The molecule has 8 rings (SSSR count). The Morgan fingerprint density at radius 1 is 0.439 bits per heavy atom. The average Bonchev–Trinajstić information content (AvgIpc) is 1.63. The molecule has 8 atom stereocenters. The maximum atomic E-state index is 13.3. The third-order valence-electron chi connectivity index (χ3n) is 22.3. The highest BCUT2D eigenvalue weighted by Crippen LogP contribution is 2.47. The maximum absolute atomic E-state index is 13.3. The van der Waals surface area contributed by atoms with Crippen molar-refractivity contribution in [2.45, 2.75) is 231 Å². The molecule has 0 spiro atoms. The highest BCUT2D eigenvalue weighted by molar-refractivity contribution is 14.1. The number of carbonyl (C=O) groups excluding carboxylic acids is 10. The van der Waals surface area contributed by atoms with E-state index in [-0.39, 0.29) is 149 Å². The summed E-state index contributed by atoms with van der Waals surface area (Å²) in [6, 6.07) is -4.09. The van der Waals surface area contributed by atoms with Crippen molar-refractivity contribution in [3.05, 3.63) is 101 Å². The van der Waals surface area contributed by atoms with E-state index in [0.29, 0.717) is 88.1 Å². The first-order valence-corrected chi connectivity index (χ1v) is 52.2. The molecule has 4 aromatic heterocycles. The fourth-order valence-electron chi connectivity index (χ4n) is 14.1. The van der Waals surface area contributed by atoms with Crippen molar-refractivity contribution in [1.29, 1.82) is 0 Å². The Hall–Kier alpha value is -6.40. The lowest BCUT2D eigenvalue weighted by atomic mass is 10.1. The number of ether oxygens (including phenoxy) is 4. The van der Waals surface area contributed by atoms with Crippen LogP contribution in [0.4, 0.5) is 0 Å². The van der Waals surface area contributed by atoms with Gasteiger partial charge in [-0.25, -0.2) is 0 Å². The molecule has 123 heavy (non-hydrogen) atoms. The minimum Gasteiger partial charge on any atom is -0.491 e. The van der Waals surface area contributed by atoms with Gasteiger partial charge in [-0.05, 0) is 178 Å². The van der Waals surface area contributed by atoms with Crippen molar-refractivity contribution in [2.75, 3.05) is 103 Å². The number of nitrogens with zero attached hydrogens (tertiary/aromatic N) is 7. The van der Waals surface area contributed by atoms with Crippen LogP contribution in [-0.2, 0) is 51.9 Å². The van der Waals surface area contributed by atoms with Crippen LogP contribution >= 0.6 is 90.4 Å². The molecule has 0 saturated carbocycles. The summed E-state index contributed by atoms with van der Waals surface area (Å²) in [5.41, 5.74) is 7.37. The SMILES string of the molecule is CCCC(=O)c1c(OC)c(=O)c(I)c2n1[C@H](CO)CC2NC(=O)C(=O)N(C)C.CCCC(=O)c1c(OC)c(=O)c(I)c2n1[C@H](COS(C)(=O)=O)CC2NC(=O)C(=O)N(C)C.CCCC(=O)c1c(OC)c(=O)c(I)c2n1[C@H](CO[Si](C)(C)C(C)(C)C)CC2N.CCCC(=O)c1c(OC)c(=O)c(I)c2n1[C@H](CO[Si](C)(C)C(C)(C)C)CC2NC(=O)C(=O)N(C)C. The monoisotopic (exact) mass is 2230 g/mol. The number of aliphatic hydroxyl groups excluding tert-OH is 1. The van der Waals surface area contributed by atoms with Crippen LogP contribution in [0.3, 0.4) is 0 Å². The van der Waals surface area contributed by atoms with Crippen LogP contribution in [0.25, 0.3) is 0 Å². The zero-order valence-electron chi connectivity index (χ0n) is 74.9. The zero-order chi connectivity index (χ0) is 93.9. The normalized spacial score (nSPS) is 18.1. The first-order chi connectivity index (χ1) is 57.0. The summed E-state index contributed by atoms with van der Waals surface area (Å²) in [7, 11) is 6.31. The van der Waals surface area contributed by atoms with Gasteiger partial charge >= 0.3 is 35.4 Å². The average molecular weight is 2230 g/mol. The number of carbonyl (C=O) groups is 10. The Balaban J connectivity index is 0.000000293. The van der Waals surface area contributed by atoms with Gasteiger partial charge in [0.2, 0.25) is 21.7 Å². The molecule has 8 heterocycles. The lowest BCUT2D eigenvalue weighted by Crippen LogP contribution is -2.42. The Bertz CT molecular complexity index is 5070. The van der Waals surface area contributed by atoms with E-state index < -0.39 is 109 Å². The van der Waals surface area contributed by atoms with Gasteiger partial charge in [-0.3, -0.25) is 71.3 Å². The van der Waals surface area contributed by atoms with E-state index in [0.717, 1.165) is 21.7 Å². The summed E-state index contributed by atoms with van der Waals surface area (Å²) in [5.74, 6) is -5.70. The van der Waals surface area contributed by atoms with Gasteiger partial charge in [0.25, 0.3) is 10.1 Å². The van der Waals surface area contributed by atoms with Crippen LogP contribution < -0.4 is 62.3 Å². The minimum atomic E-state index is -3.80. The van der Waals surface area contributed by atoms with Crippen LogP contribution in [0.5, 0.6) is 23.0 Å². The second kappa shape index (κ2) is 44.6. The number of ketones is 4. The van der Waals surface area contributed by atoms with Gasteiger partial charge in [0, 0.05) is 74.0 Å². The molecule has 0 aliphatic carbocycles. The number of likely N-dealkylation sites (N-methyl/N-ethyl adjacent to an activating group) is 3. The Morgan fingerprint density at radius 3 is 0.911 bits per heavy atom. The summed E-state index contributed by atoms with van der Waals surface area (Å²) >= 11 is 7.61. The lowest BCUT2D eigenvalue weighted by molar-refractivity contribution is -0.144. The number of aliphatic hydroxyl groups is 1. The van der Waals surface area contributed by atoms with E-state index >= 15 is 0 Å². The van der Waals surface area contributed by atoms with Gasteiger partial charge in [-0.2, -0.15) is 8.42 Å². The van der Waals surface area contributed by atoms with Gasteiger partial charge in [0.05, 0.1) is 140 Å². The van der Waals surface area contributed by atoms with Gasteiger partial charge in [-0.15, -0.1) is 0 Å². The molecule has 0 aromatic carbocycles. The van der Waals surface area contributed by atoms with Crippen LogP contribution in [0, 0.1) is 14.3 Å². The van der Waals surface area contributed by atoms with Crippen molar-refractivity contribution in [3.63, 3.8) is 0 Å². The number of nitrogens with one attached hydrogen (secondary N) is 3. The smallest absolute Gasteiger partial charge is 0.311 e. The first-order valence-electron chi connectivity index (χ1n) is 40.2.